The van der Waals surface area contributed by atoms with Gasteiger partial charge in [0.25, 0.3) is 0 Å². The highest BCUT2D eigenvalue weighted by Gasteiger charge is 2.41. The van der Waals surface area contributed by atoms with Gasteiger partial charge in [-0.1, -0.05) is 0 Å². The van der Waals surface area contributed by atoms with Gasteiger partial charge in [-0.05, 0) is 6.07 Å². The molecule has 0 spiro atoms. The van der Waals surface area contributed by atoms with E-state index in [2.05, 4.69) is 10.1 Å². The first-order valence-electron chi connectivity index (χ1n) is 5.43. The van der Waals surface area contributed by atoms with Crippen LogP contribution in [0.2, 0.25) is 0 Å². The van der Waals surface area contributed by atoms with Crippen molar-refractivity contribution in [3.05, 3.63) is 28.7 Å². The molecule has 11 heteroatoms. The highest BCUT2D eigenvalue weighted by Crippen LogP contribution is 2.35. The first kappa shape index (κ1) is 15.6. The van der Waals surface area contributed by atoms with Crippen LogP contribution in [0.4, 0.5) is 26.3 Å². The molecule has 2 heterocycles. The summed E-state index contributed by atoms with van der Waals surface area (Å²) in [7, 11) is 0. The molecule has 0 radical (unpaired) electrons. The molecule has 5 nitrogen and oxygen atoms in total. The zero-order valence-corrected chi connectivity index (χ0v) is 10.3. The molecule has 2 aromatic heterocycles. The molecule has 22 heavy (non-hydrogen) atoms. The molecule has 0 aliphatic carbocycles. The van der Waals surface area contributed by atoms with Crippen LogP contribution in [0.3, 0.4) is 0 Å². The van der Waals surface area contributed by atoms with Crippen molar-refractivity contribution in [3.63, 3.8) is 0 Å². The molecule has 2 rings (SSSR count). The molecule has 0 fully saturated rings. The lowest BCUT2D eigenvalue weighted by Gasteiger charge is -2.12. The Labute approximate surface area is 118 Å². The zero-order chi connectivity index (χ0) is 16.7. The van der Waals surface area contributed by atoms with Crippen LogP contribution >= 0.6 is 0 Å². The fourth-order valence-electron chi connectivity index (χ4n) is 1.72. The summed E-state index contributed by atoms with van der Waals surface area (Å²) < 4.78 is 76.9. The number of nitrogens with zero attached hydrogens (tertiary/aromatic N) is 5. The lowest BCUT2D eigenvalue weighted by atomic mass is 10.2. The van der Waals surface area contributed by atoms with Gasteiger partial charge >= 0.3 is 12.4 Å². The van der Waals surface area contributed by atoms with Crippen LogP contribution < -0.4 is 0 Å². The predicted octanol–water partition coefficient (Wildman–Crippen LogP) is 2.70. The van der Waals surface area contributed by atoms with Gasteiger partial charge in [0.2, 0.25) is 0 Å². The maximum absolute atomic E-state index is 12.9. The van der Waals surface area contributed by atoms with Crippen LogP contribution in [-0.4, -0.2) is 14.6 Å². The summed E-state index contributed by atoms with van der Waals surface area (Å²) in [5.41, 5.74) is -5.40. The first-order valence-corrected chi connectivity index (χ1v) is 5.43. The molecule has 2 aromatic rings. The fraction of sp³-hybridized carbons (Fsp3) is 0.273. The number of alkyl halides is 6. The van der Waals surface area contributed by atoms with Crippen LogP contribution in [0.25, 0.3) is 5.65 Å². The minimum absolute atomic E-state index is 0.0977. The van der Waals surface area contributed by atoms with Crippen molar-refractivity contribution in [2.45, 2.75) is 18.8 Å². The minimum Gasteiger partial charge on any atom is -0.223 e. The second-order valence-corrected chi connectivity index (χ2v) is 4.03. The predicted molar refractivity (Wildman–Crippen MR) is 57.0 cm³/mol. The Hall–Kier alpha value is -2.82. The Kier molecular flexibility index (Phi) is 3.45. The fourth-order valence-corrected chi connectivity index (χ4v) is 1.72. The van der Waals surface area contributed by atoms with Crippen LogP contribution in [0.1, 0.15) is 22.6 Å². The number of rotatable bonds is 1. The van der Waals surface area contributed by atoms with E-state index in [1.54, 1.807) is 6.07 Å². The van der Waals surface area contributed by atoms with E-state index in [1.165, 1.54) is 6.07 Å². The summed E-state index contributed by atoms with van der Waals surface area (Å²) in [6.45, 7) is 0. The molecule has 0 atom stereocenters. The second kappa shape index (κ2) is 4.87. The average molecular weight is 319 g/mol. The molecule has 0 bridgehead atoms. The average Bonchev–Trinajstić information content (AvgIpc) is 2.72. The third kappa shape index (κ3) is 2.53. The molecule has 0 aliphatic heterocycles. The highest BCUT2D eigenvalue weighted by molar-refractivity contribution is 5.59. The normalized spacial score (nSPS) is 12.2. The summed E-state index contributed by atoms with van der Waals surface area (Å²) in [5, 5.41) is 20.8. The smallest absolute Gasteiger partial charge is 0.223 e. The van der Waals surface area contributed by atoms with Gasteiger partial charge in [-0.25, -0.2) is 9.50 Å². The molecule has 0 saturated carbocycles. The van der Waals surface area contributed by atoms with Crippen molar-refractivity contribution >= 4 is 5.65 Å². The molecule has 0 aromatic carbocycles. The largest absolute Gasteiger partial charge is 0.433 e. The van der Waals surface area contributed by atoms with Gasteiger partial charge in [-0.2, -0.15) is 42.0 Å². The van der Waals surface area contributed by atoms with Gasteiger partial charge in [-0.3, -0.25) is 0 Å². The van der Waals surface area contributed by atoms with E-state index in [-0.39, 0.29) is 16.3 Å². The van der Waals surface area contributed by atoms with E-state index < -0.39 is 41.4 Å². The first-order chi connectivity index (χ1) is 10.1. The van der Waals surface area contributed by atoms with E-state index in [0.717, 1.165) is 0 Å². The summed E-state index contributed by atoms with van der Waals surface area (Å²) in [6, 6.07) is 2.80. The van der Waals surface area contributed by atoms with E-state index in [4.69, 9.17) is 10.5 Å². The highest BCUT2D eigenvalue weighted by atomic mass is 19.4. The lowest BCUT2D eigenvalue weighted by Crippen LogP contribution is -2.18. The number of nitriles is 2. The molecule has 0 unspecified atom stereocenters. The monoisotopic (exact) mass is 319 g/mol. The number of halogens is 6. The Balaban J connectivity index is 2.93. The van der Waals surface area contributed by atoms with Crippen LogP contribution in [0.5, 0.6) is 0 Å². The van der Waals surface area contributed by atoms with Crippen LogP contribution in [0.15, 0.2) is 6.07 Å². The van der Waals surface area contributed by atoms with Gasteiger partial charge < -0.3 is 0 Å². The van der Waals surface area contributed by atoms with E-state index in [1.807, 2.05) is 0 Å². The Bertz CT molecular complexity index is 817. The third-order valence-corrected chi connectivity index (χ3v) is 2.60. The van der Waals surface area contributed by atoms with Crippen molar-refractivity contribution in [3.8, 4) is 12.1 Å². The van der Waals surface area contributed by atoms with Gasteiger partial charge in [0, 0.05) is 0 Å². The van der Waals surface area contributed by atoms with Crippen molar-refractivity contribution in [1.29, 1.82) is 10.5 Å². The number of fused-ring (bicyclic) bond motifs is 1. The van der Waals surface area contributed by atoms with Crippen molar-refractivity contribution in [2.24, 2.45) is 0 Å². The number of aromatic nitrogens is 3. The second-order valence-electron chi connectivity index (χ2n) is 4.03. The Morgan fingerprint density at radius 3 is 2.18 bits per heavy atom. The van der Waals surface area contributed by atoms with Gasteiger partial charge in [0.1, 0.15) is 17.3 Å². The zero-order valence-electron chi connectivity index (χ0n) is 10.3. The van der Waals surface area contributed by atoms with E-state index >= 15 is 0 Å². The molecule has 114 valence electrons. The van der Waals surface area contributed by atoms with Crippen LogP contribution in [-0.2, 0) is 18.8 Å². The molecular weight excluding hydrogens is 316 g/mol. The number of hydrogen-bond acceptors (Lipinski definition) is 4. The Morgan fingerprint density at radius 2 is 1.73 bits per heavy atom. The topological polar surface area (TPSA) is 77.8 Å². The molecule has 0 saturated heterocycles. The number of hydrogen-bond donors (Lipinski definition) is 0. The Morgan fingerprint density at radius 1 is 1.09 bits per heavy atom. The molecule has 0 N–H and O–H groups in total. The van der Waals surface area contributed by atoms with Crippen molar-refractivity contribution in [1.82, 2.24) is 14.6 Å². The SMILES string of the molecule is N#CCc1nn2c(C(F)(F)F)cc(C(F)(F)F)nc2c1C#N. The maximum Gasteiger partial charge on any atom is 0.433 e. The molecule has 0 aliphatic rings. The maximum atomic E-state index is 12.9. The quantitative estimate of drug-likeness (QED) is 0.757. The van der Waals surface area contributed by atoms with Crippen LogP contribution in [0, 0.1) is 22.7 Å². The lowest BCUT2D eigenvalue weighted by molar-refractivity contribution is -0.148. The van der Waals surface area contributed by atoms with Crippen molar-refractivity contribution < 1.29 is 26.3 Å². The van der Waals surface area contributed by atoms with Gasteiger partial charge in [0.05, 0.1) is 18.2 Å². The summed E-state index contributed by atoms with van der Waals surface area (Å²) in [6.07, 6.45) is -10.8. The standard InChI is InChI=1S/C11H3F6N5/c12-10(13,14)7-3-8(11(15,16)17)22-9(20-7)5(4-19)6(21-22)1-2-18/h3H,1H2. The van der Waals surface area contributed by atoms with Gasteiger partial charge in [-0.15, -0.1) is 0 Å². The summed E-state index contributed by atoms with van der Waals surface area (Å²) in [5.74, 6) is 0. The third-order valence-electron chi connectivity index (χ3n) is 2.60. The summed E-state index contributed by atoms with van der Waals surface area (Å²) >= 11 is 0. The summed E-state index contributed by atoms with van der Waals surface area (Å²) in [4.78, 5) is 3.04. The van der Waals surface area contributed by atoms with Crippen molar-refractivity contribution in [2.75, 3.05) is 0 Å². The molecule has 0 amide bonds. The molecular formula is C11H3F6N5. The minimum atomic E-state index is -5.15. The van der Waals surface area contributed by atoms with E-state index in [0.29, 0.717) is 0 Å². The van der Waals surface area contributed by atoms with Gasteiger partial charge in [0.15, 0.2) is 11.3 Å². The van der Waals surface area contributed by atoms with E-state index in [9.17, 15) is 26.3 Å².